The van der Waals surface area contributed by atoms with E-state index in [1.807, 2.05) is 32.9 Å². The topological polar surface area (TPSA) is 84.0 Å². The maximum absolute atomic E-state index is 13.1. The highest BCUT2D eigenvalue weighted by Gasteiger charge is 2.68. The van der Waals surface area contributed by atoms with E-state index in [-0.39, 0.29) is 48.1 Å². The van der Waals surface area contributed by atoms with E-state index in [9.17, 15) is 18.0 Å². The van der Waals surface area contributed by atoms with Crippen LogP contribution in [0.3, 0.4) is 0 Å². The predicted octanol–water partition coefficient (Wildman–Crippen LogP) is -0.176. The summed E-state index contributed by atoms with van der Waals surface area (Å²) in [6.07, 6.45) is 3.44. The van der Waals surface area contributed by atoms with Crippen LogP contribution < -0.4 is 0 Å². The van der Waals surface area contributed by atoms with Crippen LogP contribution in [0.2, 0.25) is 0 Å². The number of hydrogen-bond acceptors (Lipinski definition) is 5. The molecule has 0 aromatic rings. The molecule has 4 heterocycles. The van der Waals surface area contributed by atoms with Crippen LogP contribution in [0, 0.1) is 11.8 Å². The summed E-state index contributed by atoms with van der Waals surface area (Å²) < 4.78 is 29.3. The summed E-state index contributed by atoms with van der Waals surface area (Å²) in [5.41, 5.74) is -1.05. The van der Waals surface area contributed by atoms with Crippen LogP contribution in [-0.4, -0.2) is 78.4 Å². The first-order valence-electron chi connectivity index (χ1n) is 8.72. The molecule has 7 nitrogen and oxygen atoms in total. The van der Waals surface area contributed by atoms with Gasteiger partial charge in [-0.25, -0.2) is 8.42 Å². The Kier molecular flexibility index (Phi) is 3.45. The molecule has 1 spiro atoms. The zero-order valence-electron chi connectivity index (χ0n) is 14.8. The van der Waals surface area contributed by atoms with Gasteiger partial charge < -0.3 is 14.5 Å². The van der Waals surface area contributed by atoms with E-state index in [0.29, 0.717) is 6.54 Å². The zero-order chi connectivity index (χ0) is 18.2. The Labute approximate surface area is 147 Å². The molecule has 0 aromatic heterocycles. The summed E-state index contributed by atoms with van der Waals surface area (Å²) in [5, 5.41) is 0. The maximum atomic E-state index is 13.1. The van der Waals surface area contributed by atoms with E-state index < -0.39 is 27.3 Å². The van der Waals surface area contributed by atoms with Gasteiger partial charge in [-0.2, -0.15) is 0 Å². The third-order valence-corrected chi connectivity index (χ3v) is 7.46. The molecule has 0 N–H and O–H groups in total. The van der Waals surface area contributed by atoms with Crippen molar-refractivity contribution in [1.29, 1.82) is 0 Å². The van der Waals surface area contributed by atoms with Gasteiger partial charge in [0.05, 0.1) is 36.0 Å². The summed E-state index contributed by atoms with van der Waals surface area (Å²) >= 11 is 0. The first kappa shape index (κ1) is 17.0. The fourth-order valence-corrected chi connectivity index (χ4v) is 5.69. The highest BCUT2D eigenvalue weighted by molar-refractivity contribution is 7.91. The number of carbonyl (C=O) groups is 2. The molecule has 25 heavy (non-hydrogen) atoms. The van der Waals surface area contributed by atoms with E-state index in [2.05, 4.69) is 0 Å². The minimum atomic E-state index is -3.06. The molecule has 4 aliphatic heterocycles. The Morgan fingerprint density at radius 2 is 1.92 bits per heavy atom. The number of nitrogens with zero attached hydrogens (tertiary/aromatic N) is 2. The van der Waals surface area contributed by atoms with Crippen LogP contribution in [0.1, 0.15) is 20.8 Å². The van der Waals surface area contributed by atoms with Crippen molar-refractivity contribution in [3.05, 3.63) is 12.2 Å². The molecule has 138 valence electrons. The fourth-order valence-electron chi connectivity index (χ4n) is 4.49. The van der Waals surface area contributed by atoms with Crippen molar-refractivity contribution in [3.8, 4) is 0 Å². The monoisotopic (exact) mass is 368 g/mol. The average molecular weight is 368 g/mol. The average Bonchev–Trinajstić information content (AvgIpc) is 3.14. The molecule has 4 rings (SSSR count). The molecule has 0 radical (unpaired) electrons. The Hall–Kier alpha value is -1.41. The lowest BCUT2D eigenvalue weighted by Gasteiger charge is -2.34. The number of hydrogen-bond donors (Lipinski definition) is 0. The number of ether oxygens (including phenoxy) is 1. The van der Waals surface area contributed by atoms with Gasteiger partial charge in [0, 0.05) is 18.6 Å². The normalized spacial score (nSPS) is 39.2. The minimum absolute atomic E-state index is 0.00923. The highest BCUT2D eigenvalue weighted by atomic mass is 32.2. The third-order valence-electron chi connectivity index (χ3n) is 5.85. The van der Waals surface area contributed by atoms with Gasteiger partial charge in [0.25, 0.3) is 0 Å². The maximum Gasteiger partial charge on any atom is 0.230 e. The molecule has 3 fully saturated rings. The Morgan fingerprint density at radius 1 is 1.28 bits per heavy atom. The van der Waals surface area contributed by atoms with Gasteiger partial charge in [0.2, 0.25) is 11.8 Å². The molecule has 0 aromatic carbocycles. The third kappa shape index (κ3) is 2.44. The minimum Gasteiger partial charge on any atom is -0.360 e. The van der Waals surface area contributed by atoms with Crippen LogP contribution in [0.4, 0.5) is 0 Å². The van der Waals surface area contributed by atoms with Crippen LogP contribution in [0.25, 0.3) is 0 Å². The molecule has 0 unspecified atom stereocenters. The van der Waals surface area contributed by atoms with E-state index in [0.717, 1.165) is 0 Å². The van der Waals surface area contributed by atoms with Crippen molar-refractivity contribution in [2.45, 2.75) is 38.0 Å². The van der Waals surface area contributed by atoms with Crippen molar-refractivity contribution in [1.82, 2.24) is 9.80 Å². The van der Waals surface area contributed by atoms with Gasteiger partial charge in [-0.15, -0.1) is 0 Å². The van der Waals surface area contributed by atoms with Crippen molar-refractivity contribution in [2.24, 2.45) is 11.8 Å². The van der Waals surface area contributed by atoms with E-state index in [1.165, 1.54) is 0 Å². The number of rotatable bonds is 1. The van der Waals surface area contributed by atoms with Crippen molar-refractivity contribution >= 4 is 21.7 Å². The van der Waals surface area contributed by atoms with Crippen molar-refractivity contribution in [2.75, 3.05) is 31.1 Å². The standard InChI is InChI=1S/C17H24N2O5S/c1-16(2,3)19-10-17-5-4-11(24-17)12(13(17)15(19)21)14(20)18-6-8-25(22,23)9-7-18/h4-5,11-13H,6-10H2,1-3H3/t11-,12-,13-,17-/m0/s1. The quantitative estimate of drug-likeness (QED) is 0.600. The first-order chi connectivity index (χ1) is 11.5. The Balaban J connectivity index is 1.61. The molecule has 2 bridgehead atoms. The van der Waals surface area contributed by atoms with Gasteiger partial charge >= 0.3 is 0 Å². The summed E-state index contributed by atoms with van der Waals surface area (Å²) in [7, 11) is -3.06. The van der Waals surface area contributed by atoms with Gasteiger partial charge in [-0.05, 0) is 20.8 Å². The van der Waals surface area contributed by atoms with Gasteiger partial charge in [0.1, 0.15) is 5.60 Å². The summed E-state index contributed by atoms with van der Waals surface area (Å²) in [5.74, 6) is -1.27. The summed E-state index contributed by atoms with van der Waals surface area (Å²) in [4.78, 5) is 29.5. The van der Waals surface area contributed by atoms with Crippen molar-refractivity contribution < 1.29 is 22.7 Å². The molecular formula is C17H24N2O5S. The lowest BCUT2D eigenvalue weighted by molar-refractivity contribution is -0.144. The number of amides is 2. The molecule has 4 atom stereocenters. The number of likely N-dealkylation sites (tertiary alicyclic amines) is 1. The first-order valence-corrected chi connectivity index (χ1v) is 10.5. The molecule has 4 aliphatic rings. The highest BCUT2D eigenvalue weighted by Crippen LogP contribution is 2.53. The molecule has 0 aliphatic carbocycles. The second-order valence-electron chi connectivity index (χ2n) is 8.47. The second kappa shape index (κ2) is 5.07. The van der Waals surface area contributed by atoms with E-state index in [1.54, 1.807) is 9.80 Å². The fraction of sp³-hybridized carbons (Fsp3) is 0.765. The predicted molar refractivity (Wildman–Crippen MR) is 90.4 cm³/mol. The lowest BCUT2D eigenvalue weighted by Crippen LogP contribution is -2.51. The summed E-state index contributed by atoms with van der Waals surface area (Å²) in [6, 6.07) is 0. The van der Waals surface area contributed by atoms with Gasteiger partial charge in [0.15, 0.2) is 9.84 Å². The molecule has 3 saturated heterocycles. The van der Waals surface area contributed by atoms with Crippen LogP contribution in [0.5, 0.6) is 0 Å². The second-order valence-corrected chi connectivity index (χ2v) is 10.8. The van der Waals surface area contributed by atoms with Crippen molar-refractivity contribution in [3.63, 3.8) is 0 Å². The largest absolute Gasteiger partial charge is 0.360 e. The van der Waals surface area contributed by atoms with Crippen LogP contribution in [-0.2, 0) is 24.2 Å². The van der Waals surface area contributed by atoms with Crippen LogP contribution in [0.15, 0.2) is 12.2 Å². The van der Waals surface area contributed by atoms with E-state index >= 15 is 0 Å². The SMILES string of the molecule is CC(C)(C)N1C[C@]23C=C[C@H](O2)[C@H](C(=O)N2CCS(=O)(=O)CC2)[C@H]3C1=O. The van der Waals surface area contributed by atoms with Gasteiger partial charge in [-0.3, -0.25) is 9.59 Å². The van der Waals surface area contributed by atoms with Gasteiger partial charge in [-0.1, -0.05) is 12.2 Å². The zero-order valence-corrected chi connectivity index (χ0v) is 15.6. The number of sulfone groups is 1. The number of carbonyl (C=O) groups excluding carboxylic acids is 2. The van der Waals surface area contributed by atoms with Crippen LogP contribution >= 0.6 is 0 Å². The lowest BCUT2D eigenvalue weighted by atomic mass is 9.76. The molecule has 8 heteroatoms. The smallest absolute Gasteiger partial charge is 0.230 e. The number of fused-ring (bicyclic) bond motifs is 1. The van der Waals surface area contributed by atoms with E-state index in [4.69, 9.17) is 4.74 Å². The Bertz CT molecular complexity index is 754. The summed E-state index contributed by atoms with van der Waals surface area (Å²) in [6.45, 7) is 6.79. The molecular weight excluding hydrogens is 344 g/mol. The molecule has 2 amide bonds. The Morgan fingerprint density at radius 3 is 2.52 bits per heavy atom. The molecule has 0 saturated carbocycles.